The number of aliphatic hydroxyl groups excluding tert-OH is 1. The van der Waals surface area contributed by atoms with Crippen molar-refractivity contribution in [3.8, 4) is 0 Å². The van der Waals surface area contributed by atoms with Gasteiger partial charge in [0, 0.05) is 31.3 Å². The van der Waals surface area contributed by atoms with Crippen molar-refractivity contribution in [2.45, 2.75) is 32.2 Å². The minimum absolute atomic E-state index is 0.0681. The number of hydrogen-bond donors (Lipinski definition) is 1. The van der Waals surface area contributed by atoms with Crippen molar-refractivity contribution >= 4 is 23.2 Å². The van der Waals surface area contributed by atoms with E-state index in [2.05, 4.69) is 0 Å². The number of non-ortho nitro benzene ring substituents is 1. The van der Waals surface area contributed by atoms with Gasteiger partial charge >= 0.3 is 0 Å². The zero-order valence-electron chi connectivity index (χ0n) is 12.4. The molecule has 2 atom stereocenters. The molecule has 1 aromatic rings. The number of likely N-dealkylation sites (tertiary alicyclic amines) is 1. The Kier molecular flexibility index (Phi) is 5.37. The highest BCUT2D eigenvalue weighted by molar-refractivity contribution is 6.31. The number of hydrogen-bond acceptors (Lipinski definition) is 4. The first-order valence-corrected chi connectivity index (χ1v) is 7.63. The Labute approximate surface area is 133 Å². The molecule has 0 spiro atoms. The van der Waals surface area contributed by atoms with Crippen LogP contribution in [-0.4, -0.2) is 40.0 Å². The van der Waals surface area contributed by atoms with E-state index in [0.717, 1.165) is 12.8 Å². The molecule has 0 saturated carbocycles. The fraction of sp³-hybridized carbons (Fsp3) is 0.533. The van der Waals surface area contributed by atoms with Gasteiger partial charge in [-0.05, 0) is 31.2 Å². The van der Waals surface area contributed by atoms with E-state index in [1.54, 1.807) is 4.90 Å². The van der Waals surface area contributed by atoms with Gasteiger partial charge in [0.25, 0.3) is 5.69 Å². The quantitative estimate of drug-likeness (QED) is 0.680. The molecule has 2 rings (SSSR count). The second-order valence-electron chi connectivity index (χ2n) is 5.73. The van der Waals surface area contributed by atoms with Crippen LogP contribution in [0.2, 0.25) is 5.02 Å². The summed E-state index contributed by atoms with van der Waals surface area (Å²) in [6.07, 6.45) is 1.89. The Hall–Kier alpha value is -1.66. The largest absolute Gasteiger partial charge is 0.396 e. The van der Waals surface area contributed by atoms with Crippen molar-refractivity contribution in [3.63, 3.8) is 0 Å². The van der Waals surface area contributed by atoms with Crippen LogP contribution < -0.4 is 0 Å². The molecule has 0 bridgehead atoms. The summed E-state index contributed by atoms with van der Waals surface area (Å²) in [7, 11) is 0. The summed E-state index contributed by atoms with van der Waals surface area (Å²) >= 11 is 6.03. The number of nitro benzene ring substituents is 1. The third kappa shape index (κ3) is 3.75. The topological polar surface area (TPSA) is 83.7 Å². The maximum absolute atomic E-state index is 12.5. The highest BCUT2D eigenvalue weighted by Gasteiger charge is 2.28. The first kappa shape index (κ1) is 16.7. The van der Waals surface area contributed by atoms with Crippen LogP contribution in [0.5, 0.6) is 0 Å². The molecule has 1 N–H and O–H groups in total. The number of benzene rings is 1. The van der Waals surface area contributed by atoms with Gasteiger partial charge in [0.05, 0.1) is 16.4 Å². The van der Waals surface area contributed by atoms with Gasteiger partial charge in [0.15, 0.2) is 0 Å². The van der Waals surface area contributed by atoms with Crippen molar-refractivity contribution < 1.29 is 14.8 Å². The molecule has 7 heteroatoms. The van der Waals surface area contributed by atoms with Crippen molar-refractivity contribution in [2.75, 3.05) is 13.2 Å². The summed E-state index contributed by atoms with van der Waals surface area (Å²) in [5.41, 5.74) is 0.489. The van der Waals surface area contributed by atoms with Gasteiger partial charge in [-0.3, -0.25) is 14.9 Å². The molecule has 1 aromatic carbocycles. The average Bonchev–Trinajstić information content (AvgIpc) is 2.49. The SMILES string of the molecule is CC1CCC(CO)CN1C(=O)Cc1ccc([N+](=O)[O-])cc1Cl. The fourth-order valence-electron chi connectivity index (χ4n) is 2.74. The lowest BCUT2D eigenvalue weighted by Gasteiger charge is -2.37. The van der Waals surface area contributed by atoms with Gasteiger partial charge < -0.3 is 10.0 Å². The lowest BCUT2D eigenvalue weighted by atomic mass is 9.93. The Bertz CT molecular complexity index is 579. The van der Waals surface area contributed by atoms with Crippen molar-refractivity contribution in [1.82, 2.24) is 4.90 Å². The van der Waals surface area contributed by atoms with Crippen molar-refractivity contribution in [1.29, 1.82) is 0 Å². The first-order valence-electron chi connectivity index (χ1n) is 7.25. The molecule has 0 aromatic heterocycles. The van der Waals surface area contributed by atoms with Crippen LogP contribution in [0.15, 0.2) is 18.2 Å². The summed E-state index contributed by atoms with van der Waals surface area (Å²) in [5, 5.41) is 20.2. The number of carbonyl (C=O) groups excluding carboxylic acids is 1. The van der Waals surface area contributed by atoms with Crippen LogP contribution in [0.25, 0.3) is 0 Å². The second kappa shape index (κ2) is 7.07. The molecule has 120 valence electrons. The van der Waals surface area contributed by atoms with E-state index in [1.807, 2.05) is 6.92 Å². The predicted molar refractivity (Wildman–Crippen MR) is 82.8 cm³/mol. The lowest BCUT2D eigenvalue weighted by Crippen LogP contribution is -2.47. The summed E-state index contributed by atoms with van der Waals surface area (Å²) in [6, 6.07) is 4.27. The third-order valence-corrected chi connectivity index (χ3v) is 4.50. The van der Waals surface area contributed by atoms with E-state index in [4.69, 9.17) is 11.6 Å². The normalized spacial score (nSPS) is 21.7. The molecule has 1 amide bonds. The highest BCUT2D eigenvalue weighted by atomic mass is 35.5. The van der Waals surface area contributed by atoms with Gasteiger partial charge in [0.2, 0.25) is 5.91 Å². The number of piperidine rings is 1. The lowest BCUT2D eigenvalue weighted by molar-refractivity contribution is -0.384. The zero-order chi connectivity index (χ0) is 16.3. The predicted octanol–water partition coefficient (Wildman–Crippen LogP) is 2.41. The first-order chi connectivity index (χ1) is 10.4. The molecule has 2 unspecified atom stereocenters. The van der Waals surface area contributed by atoms with Crippen LogP contribution in [-0.2, 0) is 11.2 Å². The minimum atomic E-state index is -0.518. The summed E-state index contributed by atoms with van der Waals surface area (Å²) in [4.78, 5) is 24.4. The van der Waals surface area contributed by atoms with E-state index in [-0.39, 0.29) is 41.6 Å². The van der Waals surface area contributed by atoms with Crippen LogP contribution in [0.1, 0.15) is 25.3 Å². The molecule has 0 radical (unpaired) electrons. The number of halogens is 1. The Morgan fingerprint density at radius 3 is 2.82 bits per heavy atom. The third-order valence-electron chi connectivity index (χ3n) is 4.15. The van der Waals surface area contributed by atoms with Crippen LogP contribution in [0, 0.1) is 16.0 Å². The monoisotopic (exact) mass is 326 g/mol. The van der Waals surface area contributed by atoms with E-state index < -0.39 is 4.92 Å². The zero-order valence-corrected chi connectivity index (χ0v) is 13.1. The minimum Gasteiger partial charge on any atom is -0.396 e. The van der Waals surface area contributed by atoms with Crippen molar-refractivity contribution in [3.05, 3.63) is 38.9 Å². The number of carbonyl (C=O) groups is 1. The molecule has 1 fully saturated rings. The van der Waals surface area contributed by atoms with Gasteiger partial charge in [-0.15, -0.1) is 0 Å². The van der Waals surface area contributed by atoms with Gasteiger partial charge in [-0.2, -0.15) is 0 Å². The van der Waals surface area contributed by atoms with E-state index in [1.165, 1.54) is 18.2 Å². The van der Waals surface area contributed by atoms with E-state index in [9.17, 15) is 20.0 Å². The molecule has 1 aliphatic rings. The summed E-state index contributed by atoms with van der Waals surface area (Å²) < 4.78 is 0. The Balaban J connectivity index is 2.09. The van der Waals surface area contributed by atoms with Crippen molar-refractivity contribution in [2.24, 2.45) is 5.92 Å². The number of nitro groups is 1. The maximum Gasteiger partial charge on any atom is 0.270 e. The van der Waals surface area contributed by atoms with Gasteiger partial charge in [-0.25, -0.2) is 0 Å². The number of amides is 1. The summed E-state index contributed by atoms with van der Waals surface area (Å²) in [5.74, 6) is 0.0499. The standard InChI is InChI=1S/C15H19ClN2O4/c1-10-2-3-11(9-19)8-17(10)15(20)6-12-4-5-13(18(21)22)7-14(12)16/h4-5,7,10-11,19H,2-3,6,8-9H2,1H3. The van der Waals surface area contributed by atoms with Crippen LogP contribution >= 0.6 is 11.6 Å². The average molecular weight is 327 g/mol. The summed E-state index contributed by atoms with van der Waals surface area (Å²) in [6.45, 7) is 2.61. The Morgan fingerprint density at radius 1 is 1.50 bits per heavy atom. The van der Waals surface area contributed by atoms with E-state index >= 15 is 0 Å². The number of rotatable bonds is 4. The Morgan fingerprint density at radius 2 is 2.23 bits per heavy atom. The van der Waals surface area contributed by atoms with Gasteiger partial charge in [-0.1, -0.05) is 17.7 Å². The number of nitrogens with zero attached hydrogens (tertiary/aromatic N) is 2. The molecule has 1 heterocycles. The molecular formula is C15H19ClN2O4. The number of aliphatic hydroxyl groups is 1. The molecule has 1 aliphatic heterocycles. The molecule has 22 heavy (non-hydrogen) atoms. The molecular weight excluding hydrogens is 308 g/mol. The smallest absolute Gasteiger partial charge is 0.270 e. The molecule has 6 nitrogen and oxygen atoms in total. The van der Waals surface area contributed by atoms with Gasteiger partial charge in [0.1, 0.15) is 0 Å². The molecule has 0 aliphatic carbocycles. The molecule has 1 saturated heterocycles. The van der Waals surface area contributed by atoms with E-state index in [0.29, 0.717) is 12.1 Å². The van der Waals surface area contributed by atoms with Crippen LogP contribution in [0.3, 0.4) is 0 Å². The maximum atomic E-state index is 12.5. The fourth-order valence-corrected chi connectivity index (χ4v) is 2.98. The van der Waals surface area contributed by atoms with Crippen LogP contribution in [0.4, 0.5) is 5.69 Å². The highest BCUT2D eigenvalue weighted by Crippen LogP contribution is 2.26. The second-order valence-corrected chi connectivity index (χ2v) is 6.14.